The van der Waals surface area contributed by atoms with Crippen molar-refractivity contribution in [3.05, 3.63) is 23.9 Å². The maximum Gasteiger partial charge on any atom is 0.168 e. The molecule has 18 heavy (non-hydrogen) atoms. The topological polar surface area (TPSA) is 84.2 Å². The van der Waals surface area contributed by atoms with E-state index in [4.69, 9.17) is 10.5 Å². The van der Waals surface area contributed by atoms with Crippen LogP contribution in [0.5, 0.6) is 11.5 Å². The number of hydrogen-bond donors (Lipinski definition) is 3. The van der Waals surface area contributed by atoms with E-state index in [1.165, 1.54) is 7.11 Å². The third-order valence-electron chi connectivity index (χ3n) is 2.92. The Kier molecular flexibility index (Phi) is 3.14. The molecule has 0 atom stereocenters. The summed E-state index contributed by atoms with van der Waals surface area (Å²) in [5, 5.41) is 16.6. The van der Waals surface area contributed by atoms with Crippen molar-refractivity contribution < 1.29 is 9.84 Å². The molecule has 4 N–H and O–H groups in total. The summed E-state index contributed by atoms with van der Waals surface area (Å²) < 4.78 is 5.24. The van der Waals surface area contributed by atoms with Gasteiger partial charge in [0.2, 0.25) is 0 Å². The van der Waals surface area contributed by atoms with Crippen LogP contribution in [0.2, 0.25) is 0 Å². The van der Waals surface area contributed by atoms with Gasteiger partial charge in [0.1, 0.15) is 5.82 Å². The molecule has 0 aliphatic heterocycles. The zero-order chi connectivity index (χ0) is 13.3. The van der Waals surface area contributed by atoms with Crippen molar-refractivity contribution in [1.82, 2.24) is 10.2 Å². The number of nitrogens with two attached hydrogens (primary N) is 1. The predicted octanol–water partition coefficient (Wildman–Crippen LogP) is 2.50. The summed E-state index contributed by atoms with van der Waals surface area (Å²) in [7, 11) is 1.52. The average molecular weight is 247 g/mol. The summed E-state index contributed by atoms with van der Waals surface area (Å²) in [6.07, 6.45) is 1.62. The molecule has 0 saturated carbocycles. The number of nitrogens with one attached hydrogen (secondary N) is 1. The Labute approximate surface area is 106 Å². The molecule has 0 fully saturated rings. The highest BCUT2D eigenvalue weighted by atomic mass is 16.5. The van der Waals surface area contributed by atoms with Gasteiger partial charge >= 0.3 is 0 Å². The highest BCUT2D eigenvalue weighted by Crippen LogP contribution is 2.41. The van der Waals surface area contributed by atoms with Gasteiger partial charge in [0, 0.05) is 11.1 Å². The van der Waals surface area contributed by atoms with E-state index in [1.807, 2.05) is 6.07 Å². The first-order valence-corrected chi connectivity index (χ1v) is 5.74. The average Bonchev–Trinajstić information content (AvgIpc) is 2.74. The summed E-state index contributed by atoms with van der Waals surface area (Å²) in [5.74, 6) is 1.27. The molecule has 0 amide bonds. The first-order valence-electron chi connectivity index (χ1n) is 5.74. The van der Waals surface area contributed by atoms with Gasteiger partial charge in [-0.25, -0.2) is 0 Å². The molecule has 0 aliphatic carbocycles. The molecule has 2 rings (SSSR count). The lowest BCUT2D eigenvalue weighted by Gasteiger charge is -2.14. The monoisotopic (exact) mass is 247 g/mol. The molecular weight excluding hydrogens is 230 g/mol. The third kappa shape index (κ3) is 1.99. The minimum absolute atomic E-state index is 0.110. The highest BCUT2D eigenvalue weighted by molar-refractivity contribution is 5.80. The lowest BCUT2D eigenvalue weighted by Crippen LogP contribution is -1.95. The lowest BCUT2D eigenvalue weighted by molar-refractivity contribution is 0.374. The van der Waals surface area contributed by atoms with Crippen LogP contribution < -0.4 is 10.5 Å². The number of methoxy groups -OCH3 is 1. The lowest BCUT2D eigenvalue weighted by atomic mass is 9.97. The zero-order valence-electron chi connectivity index (χ0n) is 10.7. The Morgan fingerprint density at radius 2 is 2.06 bits per heavy atom. The van der Waals surface area contributed by atoms with Crippen LogP contribution in [0.1, 0.15) is 25.3 Å². The molecule has 0 bridgehead atoms. The standard InChI is InChI=1S/C13H17N3O2/c1-7(2)8-4-9(10-6-15-16-13(10)14)12(18-3)11(17)5-8/h4-7,17H,1-3H3,(H3,14,15,16). The molecule has 1 heterocycles. The number of ether oxygens (including phenoxy) is 1. The van der Waals surface area contributed by atoms with Gasteiger partial charge in [-0.15, -0.1) is 0 Å². The van der Waals surface area contributed by atoms with Gasteiger partial charge in [-0.2, -0.15) is 5.10 Å². The SMILES string of the molecule is COc1c(O)cc(C(C)C)cc1-c1cn[nH]c1N. The second kappa shape index (κ2) is 4.60. The number of aromatic amines is 1. The van der Waals surface area contributed by atoms with Crippen LogP contribution in [0.3, 0.4) is 0 Å². The fourth-order valence-corrected chi connectivity index (χ4v) is 1.89. The molecule has 2 aromatic rings. The first-order chi connectivity index (χ1) is 8.54. The first kappa shape index (κ1) is 12.3. The number of anilines is 1. The van der Waals surface area contributed by atoms with Crippen LogP contribution in [0, 0.1) is 0 Å². The molecule has 0 saturated heterocycles. The molecule has 0 spiro atoms. The minimum Gasteiger partial charge on any atom is -0.504 e. The Morgan fingerprint density at radius 1 is 1.33 bits per heavy atom. The number of nitrogen functional groups attached to an aromatic ring is 1. The molecule has 0 radical (unpaired) electrons. The van der Waals surface area contributed by atoms with Crippen LogP contribution in [0.15, 0.2) is 18.3 Å². The van der Waals surface area contributed by atoms with Crippen molar-refractivity contribution in [3.8, 4) is 22.6 Å². The van der Waals surface area contributed by atoms with Crippen LogP contribution in [0.25, 0.3) is 11.1 Å². The van der Waals surface area contributed by atoms with E-state index in [2.05, 4.69) is 24.0 Å². The number of benzene rings is 1. The van der Waals surface area contributed by atoms with Gasteiger partial charge in [-0.05, 0) is 23.6 Å². The van der Waals surface area contributed by atoms with Gasteiger partial charge in [-0.1, -0.05) is 13.8 Å². The molecule has 1 aromatic heterocycles. The Bertz CT molecular complexity index is 561. The molecule has 5 heteroatoms. The molecular formula is C13H17N3O2. The zero-order valence-corrected chi connectivity index (χ0v) is 10.7. The Morgan fingerprint density at radius 3 is 2.56 bits per heavy atom. The maximum atomic E-state index is 10.0. The van der Waals surface area contributed by atoms with Crippen molar-refractivity contribution in [2.45, 2.75) is 19.8 Å². The van der Waals surface area contributed by atoms with Gasteiger partial charge in [0.25, 0.3) is 0 Å². The van der Waals surface area contributed by atoms with E-state index in [0.717, 1.165) is 16.7 Å². The second-order valence-corrected chi connectivity index (χ2v) is 4.47. The fraction of sp³-hybridized carbons (Fsp3) is 0.308. The fourth-order valence-electron chi connectivity index (χ4n) is 1.89. The van der Waals surface area contributed by atoms with Crippen LogP contribution >= 0.6 is 0 Å². The highest BCUT2D eigenvalue weighted by Gasteiger charge is 2.17. The van der Waals surface area contributed by atoms with E-state index in [-0.39, 0.29) is 5.75 Å². The van der Waals surface area contributed by atoms with Crippen molar-refractivity contribution in [3.63, 3.8) is 0 Å². The van der Waals surface area contributed by atoms with Gasteiger partial charge in [-0.3, -0.25) is 5.10 Å². The number of phenols is 1. The summed E-state index contributed by atoms with van der Waals surface area (Å²) in [6, 6.07) is 3.67. The van der Waals surface area contributed by atoms with Gasteiger partial charge < -0.3 is 15.6 Å². The van der Waals surface area contributed by atoms with E-state index < -0.39 is 0 Å². The van der Waals surface area contributed by atoms with E-state index in [1.54, 1.807) is 12.3 Å². The van der Waals surface area contributed by atoms with Crippen molar-refractivity contribution >= 4 is 5.82 Å². The van der Waals surface area contributed by atoms with Crippen LogP contribution in [0.4, 0.5) is 5.82 Å². The number of nitrogens with zero attached hydrogens (tertiary/aromatic N) is 1. The largest absolute Gasteiger partial charge is 0.504 e. The maximum absolute atomic E-state index is 10.0. The molecule has 0 unspecified atom stereocenters. The minimum atomic E-state index is 0.110. The van der Waals surface area contributed by atoms with E-state index >= 15 is 0 Å². The number of phenolic OH excluding ortho intramolecular Hbond substituents is 1. The van der Waals surface area contributed by atoms with E-state index in [9.17, 15) is 5.11 Å². The molecule has 1 aromatic carbocycles. The van der Waals surface area contributed by atoms with Gasteiger partial charge in [0.05, 0.1) is 13.3 Å². The van der Waals surface area contributed by atoms with E-state index in [0.29, 0.717) is 17.5 Å². The molecule has 0 aliphatic rings. The normalized spacial score (nSPS) is 10.9. The summed E-state index contributed by atoms with van der Waals surface area (Å²) in [4.78, 5) is 0. The Hall–Kier alpha value is -2.17. The molecule has 5 nitrogen and oxygen atoms in total. The second-order valence-electron chi connectivity index (χ2n) is 4.47. The molecule has 96 valence electrons. The van der Waals surface area contributed by atoms with Crippen LogP contribution in [-0.2, 0) is 0 Å². The number of hydrogen-bond acceptors (Lipinski definition) is 4. The smallest absolute Gasteiger partial charge is 0.168 e. The van der Waals surface area contributed by atoms with Gasteiger partial charge in [0.15, 0.2) is 11.5 Å². The van der Waals surface area contributed by atoms with Crippen molar-refractivity contribution in [1.29, 1.82) is 0 Å². The Balaban J connectivity index is 2.67. The number of aromatic nitrogens is 2. The number of H-pyrrole nitrogens is 1. The number of rotatable bonds is 3. The quantitative estimate of drug-likeness (QED) is 0.778. The summed E-state index contributed by atoms with van der Waals surface area (Å²) >= 11 is 0. The third-order valence-corrected chi connectivity index (χ3v) is 2.92. The van der Waals surface area contributed by atoms with Crippen LogP contribution in [-0.4, -0.2) is 22.4 Å². The summed E-state index contributed by atoms with van der Waals surface area (Å²) in [5.41, 5.74) is 8.30. The van der Waals surface area contributed by atoms with Crippen molar-refractivity contribution in [2.24, 2.45) is 0 Å². The summed E-state index contributed by atoms with van der Waals surface area (Å²) in [6.45, 7) is 4.12. The predicted molar refractivity (Wildman–Crippen MR) is 70.7 cm³/mol. The number of aromatic hydroxyl groups is 1. The van der Waals surface area contributed by atoms with Crippen molar-refractivity contribution in [2.75, 3.05) is 12.8 Å².